The molecule has 1 atom stereocenters. The molecule has 1 amide bonds. The average Bonchev–Trinajstić information content (AvgIpc) is 2.41. The molecule has 2 nitrogen and oxygen atoms in total. The number of amides is 1. The van der Waals surface area contributed by atoms with E-state index in [0.717, 1.165) is 11.1 Å². The van der Waals surface area contributed by atoms with Gasteiger partial charge in [-0.2, -0.15) is 0 Å². The lowest BCUT2D eigenvalue weighted by molar-refractivity contribution is 0.0940. The van der Waals surface area contributed by atoms with Gasteiger partial charge >= 0.3 is 0 Å². The lowest BCUT2D eigenvalue weighted by Crippen LogP contribution is -2.27. The van der Waals surface area contributed by atoms with Gasteiger partial charge in [-0.05, 0) is 56.5 Å². The molecule has 0 aliphatic heterocycles. The molecule has 21 heavy (non-hydrogen) atoms. The van der Waals surface area contributed by atoms with Crippen molar-refractivity contribution in [3.8, 4) is 0 Å². The minimum absolute atomic E-state index is 0.0604. The summed E-state index contributed by atoms with van der Waals surface area (Å²) in [5, 5.41) is 3.50. The molecule has 0 aliphatic rings. The van der Waals surface area contributed by atoms with Gasteiger partial charge in [-0.25, -0.2) is 0 Å². The summed E-state index contributed by atoms with van der Waals surface area (Å²) >= 11 is 6.15. The van der Waals surface area contributed by atoms with E-state index in [1.165, 1.54) is 11.1 Å². The fraction of sp³-hybridized carbons (Fsp3) is 0.278. The maximum Gasteiger partial charge on any atom is 0.253 e. The number of carbonyl (C=O) groups excluding carboxylic acids is 1. The highest BCUT2D eigenvalue weighted by Gasteiger charge is 2.15. The van der Waals surface area contributed by atoms with Crippen LogP contribution in [0.4, 0.5) is 0 Å². The number of benzene rings is 2. The minimum Gasteiger partial charge on any atom is -0.345 e. The van der Waals surface area contributed by atoms with Crippen LogP contribution >= 0.6 is 11.6 Å². The van der Waals surface area contributed by atoms with Crippen molar-refractivity contribution in [1.29, 1.82) is 0 Å². The summed E-state index contributed by atoms with van der Waals surface area (Å²) in [6, 6.07) is 11.7. The van der Waals surface area contributed by atoms with Crippen LogP contribution < -0.4 is 5.32 Å². The molecule has 3 heteroatoms. The average molecular weight is 302 g/mol. The van der Waals surface area contributed by atoms with Gasteiger partial charge in [0.05, 0.1) is 16.6 Å². The van der Waals surface area contributed by atoms with E-state index in [-0.39, 0.29) is 11.9 Å². The second kappa shape index (κ2) is 6.31. The third kappa shape index (κ3) is 3.64. The van der Waals surface area contributed by atoms with Gasteiger partial charge in [0.1, 0.15) is 0 Å². The summed E-state index contributed by atoms with van der Waals surface area (Å²) in [4.78, 5) is 12.4. The van der Waals surface area contributed by atoms with Crippen LogP contribution in [0.15, 0.2) is 36.4 Å². The van der Waals surface area contributed by atoms with Crippen LogP contribution in [-0.2, 0) is 0 Å². The van der Waals surface area contributed by atoms with E-state index in [2.05, 4.69) is 30.4 Å². The number of hydrogen-bond donors (Lipinski definition) is 1. The molecule has 1 N–H and O–H groups in total. The Balaban J connectivity index is 2.20. The highest BCUT2D eigenvalue weighted by molar-refractivity contribution is 6.33. The second-order valence-electron chi connectivity index (χ2n) is 5.54. The van der Waals surface area contributed by atoms with Crippen LogP contribution in [-0.4, -0.2) is 5.91 Å². The van der Waals surface area contributed by atoms with Crippen LogP contribution in [0.25, 0.3) is 0 Å². The predicted molar refractivity (Wildman–Crippen MR) is 88.0 cm³/mol. The van der Waals surface area contributed by atoms with Gasteiger partial charge in [-0.15, -0.1) is 0 Å². The fourth-order valence-electron chi connectivity index (χ4n) is 2.38. The molecule has 0 spiro atoms. The molecule has 0 aromatic heterocycles. The molecule has 0 radical (unpaired) electrons. The summed E-state index contributed by atoms with van der Waals surface area (Å²) in [5.41, 5.74) is 5.04. The molecule has 0 saturated heterocycles. The van der Waals surface area contributed by atoms with E-state index in [0.29, 0.717) is 10.6 Å². The Bertz CT molecular complexity index is 679. The SMILES string of the molecule is Cc1ccc(C(=O)NC(C)c2cc(C)ccc2C)c(Cl)c1. The Hall–Kier alpha value is -1.80. The normalized spacial score (nSPS) is 12.0. The largest absolute Gasteiger partial charge is 0.345 e. The van der Waals surface area contributed by atoms with Crippen LogP contribution in [0.2, 0.25) is 5.02 Å². The number of carbonyl (C=O) groups is 1. The van der Waals surface area contributed by atoms with Crippen molar-refractivity contribution in [2.24, 2.45) is 0 Å². The van der Waals surface area contributed by atoms with E-state index in [1.54, 1.807) is 12.1 Å². The quantitative estimate of drug-likeness (QED) is 0.870. The van der Waals surface area contributed by atoms with Gasteiger partial charge in [0.2, 0.25) is 0 Å². The first-order valence-corrected chi connectivity index (χ1v) is 7.40. The van der Waals surface area contributed by atoms with E-state index in [1.807, 2.05) is 26.8 Å². The Kier molecular flexibility index (Phi) is 4.69. The van der Waals surface area contributed by atoms with Crippen molar-refractivity contribution < 1.29 is 4.79 Å². The van der Waals surface area contributed by atoms with Crippen LogP contribution in [0.3, 0.4) is 0 Å². The number of nitrogens with one attached hydrogen (secondary N) is 1. The zero-order valence-electron chi connectivity index (χ0n) is 12.8. The number of hydrogen-bond acceptors (Lipinski definition) is 1. The maximum absolute atomic E-state index is 12.4. The van der Waals surface area contributed by atoms with Gasteiger partial charge in [0.25, 0.3) is 5.91 Å². The van der Waals surface area contributed by atoms with Gasteiger partial charge < -0.3 is 5.32 Å². The standard InChI is InChI=1S/C18H20ClNO/c1-11-5-7-13(3)16(9-11)14(4)20-18(21)15-8-6-12(2)10-17(15)19/h5-10,14H,1-4H3,(H,20,21). The molecule has 2 aromatic rings. The summed E-state index contributed by atoms with van der Waals surface area (Å²) < 4.78 is 0. The van der Waals surface area contributed by atoms with Crippen molar-refractivity contribution in [1.82, 2.24) is 5.32 Å². The summed E-state index contributed by atoms with van der Waals surface area (Å²) in [7, 11) is 0. The summed E-state index contributed by atoms with van der Waals surface area (Å²) in [5.74, 6) is -0.145. The van der Waals surface area contributed by atoms with Crippen LogP contribution in [0.5, 0.6) is 0 Å². The highest BCUT2D eigenvalue weighted by Crippen LogP contribution is 2.21. The molecular weight excluding hydrogens is 282 g/mol. The number of rotatable bonds is 3. The molecule has 0 fully saturated rings. The van der Waals surface area contributed by atoms with Crippen LogP contribution in [0, 0.1) is 20.8 Å². The first kappa shape index (κ1) is 15.6. The Morgan fingerprint density at radius 1 is 1.05 bits per heavy atom. The number of halogens is 1. The van der Waals surface area contributed by atoms with Crippen molar-refractivity contribution in [3.63, 3.8) is 0 Å². The molecule has 2 rings (SSSR count). The van der Waals surface area contributed by atoms with Gasteiger partial charge in [-0.3, -0.25) is 4.79 Å². The van der Waals surface area contributed by atoms with Crippen molar-refractivity contribution in [3.05, 3.63) is 69.2 Å². The van der Waals surface area contributed by atoms with Gasteiger partial charge in [0, 0.05) is 0 Å². The molecule has 0 bridgehead atoms. The van der Waals surface area contributed by atoms with E-state index >= 15 is 0 Å². The smallest absolute Gasteiger partial charge is 0.253 e. The first-order chi connectivity index (χ1) is 9.88. The lowest BCUT2D eigenvalue weighted by atomic mass is 9.99. The van der Waals surface area contributed by atoms with Crippen molar-refractivity contribution >= 4 is 17.5 Å². The zero-order chi connectivity index (χ0) is 15.6. The highest BCUT2D eigenvalue weighted by atomic mass is 35.5. The molecule has 2 aromatic carbocycles. The molecule has 0 heterocycles. The van der Waals surface area contributed by atoms with Gasteiger partial charge in [-0.1, -0.05) is 41.4 Å². The van der Waals surface area contributed by atoms with Gasteiger partial charge in [0.15, 0.2) is 0 Å². The molecule has 110 valence electrons. The Labute approximate surface area is 131 Å². The Morgan fingerprint density at radius 3 is 2.33 bits per heavy atom. The molecule has 0 saturated carbocycles. The van der Waals surface area contributed by atoms with Crippen molar-refractivity contribution in [2.75, 3.05) is 0 Å². The topological polar surface area (TPSA) is 29.1 Å². The molecular formula is C18H20ClNO. The minimum atomic E-state index is -0.145. The Morgan fingerprint density at radius 2 is 1.67 bits per heavy atom. The monoisotopic (exact) mass is 301 g/mol. The zero-order valence-corrected chi connectivity index (χ0v) is 13.6. The fourth-order valence-corrected chi connectivity index (χ4v) is 2.70. The molecule has 0 aliphatic carbocycles. The first-order valence-electron chi connectivity index (χ1n) is 7.02. The predicted octanol–water partition coefficient (Wildman–Crippen LogP) is 4.76. The number of aryl methyl sites for hydroxylation is 3. The maximum atomic E-state index is 12.4. The van der Waals surface area contributed by atoms with E-state index < -0.39 is 0 Å². The van der Waals surface area contributed by atoms with E-state index in [4.69, 9.17) is 11.6 Å². The second-order valence-corrected chi connectivity index (χ2v) is 5.95. The summed E-state index contributed by atoms with van der Waals surface area (Å²) in [6.07, 6.45) is 0. The third-order valence-corrected chi connectivity index (χ3v) is 3.93. The molecule has 1 unspecified atom stereocenters. The van der Waals surface area contributed by atoms with E-state index in [9.17, 15) is 4.79 Å². The van der Waals surface area contributed by atoms with Crippen LogP contribution in [0.1, 0.15) is 45.6 Å². The third-order valence-electron chi connectivity index (χ3n) is 3.62. The summed E-state index contributed by atoms with van der Waals surface area (Å²) in [6.45, 7) is 8.04. The van der Waals surface area contributed by atoms with Crippen molar-refractivity contribution in [2.45, 2.75) is 33.7 Å². The lowest BCUT2D eigenvalue weighted by Gasteiger charge is -2.18.